The lowest BCUT2D eigenvalue weighted by Crippen LogP contribution is -2.07. The molecule has 0 aromatic carbocycles. The van der Waals surface area contributed by atoms with Crippen LogP contribution in [0.3, 0.4) is 0 Å². The second-order valence-electron chi connectivity index (χ2n) is 3.06. The van der Waals surface area contributed by atoms with Crippen molar-refractivity contribution in [2.45, 2.75) is 18.9 Å². The second-order valence-corrected chi connectivity index (χ2v) is 3.06. The molecule has 0 aliphatic carbocycles. The Kier molecular flexibility index (Phi) is 2.10. The fraction of sp³-hybridized carbons (Fsp3) is 0.625. The first kappa shape index (κ1) is 7.76. The van der Waals surface area contributed by atoms with E-state index in [0.717, 1.165) is 31.2 Å². The largest absolute Gasteiger partial charge is 0.444 e. The Morgan fingerprint density at radius 3 is 3.25 bits per heavy atom. The van der Waals surface area contributed by atoms with Gasteiger partial charge in [0.1, 0.15) is 5.76 Å². The minimum absolute atomic E-state index is 0.438. The first-order chi connectivity index (χ1) is 5.90. The van der Waals surface area contributed by atoms with Gasteiger partial charge in [0.2, 0.25) is 0 Å². The number of hydrogen-bond donors (Lipinski definition) is 2. The molecule has 1 aromatic heterocycles. The average Bonchev–Trinajstić information content (AvgIpc) is 2.75. The van der Waals surface area contributed by atoms with Crippen LogP contribution in [0.25, 0.3) is 0 Å². The molecule has 1 fully saturated rings. The Bertz CT molecular complexity index is 253. The summed E-state index contributed by atoms with van der Waals surface area (Å²) < 4.78 is 5.44. The van der Waals surface area contributed by atoms with Crippen molar-refractivity contribution in [3.8, 4) is 0 Å². The summed E-state index contributed by atoms with van der Waals surface area (Å²) in [6.07, 6.45) is 2.83. The normalized spacial score (nSPS) is 23.2. The highest BCUT2D eigenvalue weighted by molar-refractivity contribution is 5.01. The predicted molar refractivity (Wildman–Crippen MR) is 44.6 cm³/mol. The van der Waals surface area contributed by atoms with Gasteiger partial charge in [0.15, 0.2) is 5.89 Å². The zero-order valence-corrected chi connectivity index (χ0v) is 6.92. The summed E-state index contributed by atoms with van der Waals surface area (Å²) in [4.78, 5) is 4.18. The number of nitrogens with one attached hydrogen (secondary N) is 1. The maximum absolute atomic E-state index is 5.44. The smallest absolute Gasteiger partial charge is 0.198 e. The van der Waals surface area contributed by atoms with E-state index >= 15 is 0 Å². The third kappa shape index (κ3) is 1.35. The van der Waals surface area contributed by atoms with E-state index < -0.39 is 0 Å². The summed E-state index contributed by atoms with van der Waals surface area (Å²) in [6.45, 7) is 2.47. The first-order valence-corrected chi connectivity index (χ1v) is 4.25. The van der Waals surface area contributed by atoms with Crippen molar-refractivity contribution in [2.24, 2.45) is 5.73 Å². The molecule has 0 radical (unpaired) electrons. The van der Waals surface area contributed by atoms with Crippen molar-refractivity contribution in [1.29, 1.82) is 0 Å². The zero-order chi connectivity index (χ0) is 8.39. The van der Waals surface area contributed by atoms with Crippen molar-refractivity contribution < 1.29 is 4.42 Å². The average molecular weight is 167 g/mol. The van der Waals surface area contributed by atoms with Gasteiger partial charge in [0.05, 0.1) is 12.7 Å². The van der Waals surface area contributed by atoms with Crippen molar-refractivity contribution in [3.05, 3.63) is 17.8 Å². The van der Waals surface area contributed by atoms with Crippen LogP contribution in [0.15, 0.2) is 10.6 Å². The van der Waals surface area contributed by atoms with Crippen molar-refractivity contribution in [1.82, 2.24) is 10.3 Å². The second kappa shape index (κ2) is 3.25. The lowest BCUT2D eigenvalue weighted by Gasteiger charge is -2.00. The van der Waals surface area contributed by atoms with E-state index in [0.29, 0.717) is 12.5 Å². The van der Waals surface area contributed by atoms with Crippen LogP contribution < -0.4 is 11.1 Å². The van der Waals surface area contributed by atoms with E-state index in [1.54, 1.807) is 6.20 Å². The van der Waals surface area contributed by atoms with Gasteiger partial charge in [0.25, 0.3) is 0 Å². The molecule has 1 aliphatic rings. The third-order valence-corrected chi connectivity index (χ3v) is 2.18. The molecule has 1 saturated heterocycles. The summed E-state index contributed by atoms with van der Waals surface area (Å²) in [5.41, 5.74) is 5.41. The number of aromatic nitrogens is 1. The maximum atomic E-state index is 5.44. The molecule has 0 spiro atoms. The van der Waals surface area contributed by atoms with E-state index in [2.05, 4.69) is 10.3 Å². The molecule has 1 aliphatic heterocycles. The molecule has 1 aromatic rings. The summed E-state index contributed by atoms with van der Waals surface area (Å²) in [6, 6.07) is 0. The van der Waals surface area contributed by atoms with E-state index in [1.807, 2.05) is 0 Å². The predicted octanol–water partition coefficient (Wildman–Crippen LogP) is 0.210. The van der Waals surface area contributed by atoms with Gasteiger partial charge in [-0.15, -0.1) is 0 Å². The summed E-state index contributed by atoms with van der Waals surface area (Å²) >= 11 is 0. The van der Waals surface area contributed by atoms with Crippen LogP contribution in [-0.2, 0) is 6.54 Å². The Morgan fingerprint density at radius 1 is 1.75 bits per heavy atom. The van der Waals surface area contributed by atoms with Gasteiger partial charge < -0.3 is 15.5 Å². The number of hydrogen-bond acceptors (Lipinski definition) is 4. The fourth-order valence-corrected chi connectivity index (χ4v) is 1.47. The Hall–Kier alpha value is -0.870. The molecule has 0 amide bonds. The van der Waals surface area contributed by atoms with Crippen LogP contribution in [0.2, 0.25) is 0 Å². The summed E-state index contributed by atoms with van der Waals surface area (Å²) in [5.74, 6) is 2.06. The fourth-order valence-electron chi connectivity index (χ4n) is 1.47. The highest BCUT2D eigenvalue weighted by Crippen LogP contribution is 2.21. The molecule has 0 bridgehead atoms. The molecular formula is C8H13N3O. The molecule has 2 rings (SSSR count). The van der Waals surface area contributed by atoms with Crippen LogP contribution in [0.4, 0.5) is 0 Å². The molecule has 0 saturated carbocycles. The Balaban J connectivity index is 2.11. The van der Waals surface area contributed by atoms with Gasteiger partial charge in [-0.2, -0.15) is 0 Å². The zero-order valence-electron chi connectivity index (χ0n) is 6.92. The molecule has 3 N–H and O–H groups in total. The van der Waals surface area contributed by atoms with E-state index in [1.165, 1.54) is 0 Å². The number of rotatable bonds is 2. The first-order valence-electron chi connectivity index (χ1n) is 4.25. The van der Waals surface area contributed by atoms with E-state index in [4.69, 9.17) is 10.2 Å². The van der Waals surface area contributed by atoms with Crippen molar-refractivity contribution in [2.75, 3.05) is 13.1 Å². The molecule has 12 heavy (non-hydrogen) atoms. The third-order valence-electron chi connectivity index (χ3n) is 2.18. The van der Waals surface area contributed by atoms with Gasteiger partial charge in [-0.25, -0.2) is 4.98 Å². The van der Waals surface area contributed by atoms with Gasteiger partial charge in [-0.1, -0.05) is 0 Å². The number of nitrogens with zero attached hydrogens (tertiary/aromatic N) is 1. The molecule has 66 valence electrons. The van der Waals surface area contributed by atoms with Gasteiger partial charge in [0, 0.05) is 12.5 Å². The molecule has 2 heterocycles. The molecule has 4 nitrogen and oxygen atoms in total. The lowest BCUT2D eigenvalue weighted by atomic mass is 10.1. The van der Waals surface area contributed by atoms with Gasteiger partial charge in [-0.05, 0) is 13.0 Å². The van der Waals surface area contributed by atoms with Gasteiger partial charge >= 0.3 is 0 Å². The standard InChI is InChI=1S/C8H13N3O/c9-3-7-5-11-8(12-7)6-1-2-10-4-6/h5-6,10H,1-4,9H2. The molecular weight excluding hydrogens is 154 g/mol. The van der Waals surface area contributed by atoms with Crippen LogP contribution in [0, 0.1) is 0 Å². The number of nitrogens with two attached hydrogens (primary N) is 1. The van der Waals surface area contributed by atoms with Gasteiger partial charge in [-0.3, -0.25) is 0 Å². The van der Waals surface area contributed by atoms with E-state index in [9.17, 15) is 0 Å². The van der Waals surface area contributed by atoms with Crippen LogP contribution >= 0.6 is 0 Å². The highest BCUT2D eigenvalue weighted by atomic mass is 16.4. The maximum Gasteiger partial charge on any atom is 0.198 e. The minimum atomic E-state index is 0.438. The van der Waals surface area contributed by atoms with Crippen molar-refractivity contribution >= 4 is 0 Å². The molecule has 4 heteroatoms. The molecule has 1 atom stereocenters. The quantitative estimate of drug-likeness (QED) is 0.661. The summed E-state index contributed by atoms with van der Waals surface area (Å²) in [5, 5.41) is 3.27. The van der Waals surface area contributed by atoms with Crippen LogP contribution in [0.5, 0.6) is 0 Å². The molecule has 1 unspecified atom stereocenters. The Labute approximate surface area is 71.2 Å². The summed E-state index contributed by atoms with van der Waals surface area (Å²) in [7, 11) is 0. The Morgan fingerprint density at radius 2 is 2.67 bits per heavy atom. The SMILES string of the molecule is NCc1cnc(C2CCNC2)o1. The monoisotopic (exact) mass is 167 g/mol. The topological polar surface area (TPSA) is 64.1 Å². The minimum Gasteiger partial charge on any atom is -0.444 e. The number of oxazole rings is 1. The lowest BCUT2D eigenvalue weighted by molar-refractivity contribution is 0.427. The van der Waals surface area contributed by atoms with Crippen LogP contribution in [0.1, 0.15) is 24.0 Å². The van der Waals surface area contributed by atoms with Crippen LogP contribution in [-0.4, -0.2) is 18.1 Å². The highest BCUT2D eigenvalue weighted by Gasteiger charge is 2.20. The van der Waals surface area contributed by atoms with E-state index in [-0.39, 0.29) is 0 Å². The van der Waals surface area contributed by atoms with Crippen molar-refractivity contribution in [3.63, 3.8) is 0 Å².